The van der Waals surface area contributed by atoms with Gasteiger partial charge in [0.2, 0.25) is 11.8 Å². The highest BCUT2D eigenvalue weighted by atomic mass is 32.1. The number of thiophene rings is 1. The molecule has 1 aliphatic carbocycles. The summed E-state index contributed by atoms with van der Waals surface area (Å²) in [6.07, 6.45) is 7.33. The average molecular weight is 388 g/mol. The van der Waals surface area contributed by atoms with E-state index in [4.69, 9.17) is 0 Å². The van der Waals surface area contributed by atoms with E-state index in [1.165, 1.54) is 16.9 Å². The Morgan fingerprint density at radius 3 is 2.93 bits per heavy atom. The number of carbonyl (C=O) groups excluding carboxylic acids is 2. The molecule has 0 aromatic carbocycles. The summed E-state index contributed by atoms with van der Waals surface area (Å²) in [5.41, 5.74) is 1.07. The summed E-state index contributed by atoms with van der Waals surface area (Å²) in [5, 5.41) is 6.35. The maximum atomic E-state index is 12.5. The molecule has 1 saturated heterocycles. The van der Waals surface area contributed by atoms with Gasteiger partial charge in [0.1, 0.15) is 16.7 Å². The first-order chi connectivity index (χ1) is 13.1. The number of fused-ring (bicyclic) bond motifs is 3. The molecule has 3 N–H and O–H groups in total. The van der Waals surface area contributed by atoms with Crippen LogP contribution in [0, 0.1) is 0 Å². The summed E-state index contributed by atoms with van der Waals surface area (Å²) in [6.45, 7) is 0.668. The third-order valence-electron chi connectivity index (χ3n) is 5.33. The Balaban J connectivity index is 1.43. The van der Waals surface area contributed by atoms with Gasteiger partial charge in [0.05, 0.1) is 5.39 Å². The Bertz CT molecular complexity index is 933. The molecule has 144 valence electrons. The number of H-pyrrole nitrogens is 1. The van der Waals surface area contributed by atoms with Gasteiger partial charge in [0.15, 0.2) is 0 Å². The molecule has 2 aromatic heterocycles. The number of nitrogens with zero attached hydrogens (tertiary/aromatic N) is 1. The van der Waals surface area contributed by atoms with Gasteiger partial charge in [-0.3, -0.25) is 14.4 Å². The predicted octanol–water partition coefficient (Wildman–Crippen LogP) is 1.58. The highest BCUT2D eigenvalue weighted by Crippen LogP contribution is 2.33. The zero-order valence-electron chi connectivity index (χ0n) is 15.2. The van der Waals surface area contributed by atoms with Crippen molar-refractivity contribution in [3.05, 3.63) is 26.6 Å². The minimum atomic E-state index is -0.460. The number of carbonyl (C=O) groups is 2. The Hall–Kier alpha value is -2.22. The maximum absolute atomic E-state index is 12.5. The van der Waals surface area contributed by atoms with Crippen molar-refractivity contribution < 1.29 is 9.59 Å². The van der Waals surface area contributed by atoms with Crippen molar-refractivity contribution in [2.24, 2.45) is 0 Å². The molecule has 0 spiro atoms. The molecule has 1 atom stereocenters. The molecular formula is C19H24N4O3S. The van der Waals surface area contributed by atoms with Gasteiger partial charge in [-0.1, -0.05) is 0 Å². The fraction of sp³-hybridized carbons (Fsp3) is 0.579. The molecule has 0 saturated carbocycles. The number of hydrogen-bond acceptors (Lipinski definition) is 5. The molecule has 1 fully saturated rings. The van der Waals surface area contributed by atoms with Gasteiger partial charge >= 0.3 is 0 Å². The van der Waals surface area contributed by atoms with Crippen LogP contribution in [0.4, 0.5) is 0 Å². The first-order valence-corrected chi connectivity index (χ1v) is 10.5. The predicted molar refractivity (Wildman–Crippen MR) is 104 cm³/mol. The molecule has 3 heterocycles. The minimum Gasteiger partial charge on any atom is -0.354 e. The van der Waals surface area contributed by atoms with Gasteiger partial charge in [0.25, 0.3) is 5.56 Å². The monoisotopic (exact) mass is 388 g/mol. The lowest BCUT2D eigenvalue weighted by molar-refractivity contribution is -0.128. The largest absolute Gasteiger partial charge is 0.354 e. The van der Waals surface area contributed by atoms with Crippen LogP contribution in [0.25, 0.3) is 10.2 Å². The van der Waals surface area contributed by atoms with E-state index in [0.29, 0.717) is 25.2 Å². The van der Waals surface area contributed by atoms with Crippen molar-refractivity contribution in [1.29, 1.82) is 0 Å². The lowest BCUT2D eigenvalue weighted by Crippen LogP contribution is -2.45. The van der Waals surface area contributed by atoms with Crippen LogP contribution in [0.2, 0.25) is 0 Å². The van der Waals surface area contributed by atoms with Gasteiger partial charge in [0, 0.05) is 24.3 Å². The molecule has 0 bridgehead atoms. The van der Waals surface area contributed by atoms with Crippen LogP contribution in [-0.2, 0) is 28.9 Å². The van der Waals surface area contributed by atoms with Crippen molar-refractivity contribution >= 4 is 33.4 Å². The second kappa shape index (κ2) is 7.80. The van der Waals surface area contributed by atoms with Gasteiger partial charge in [-0.2, -0.15) is 0 Å². The third-order valence-corrected chi connectivity index (χ3v) is 6.52. The van der Waals surface area contributed by atoms with Gasteiger partial charge in [-0.05, 0) is 50.5 Å². The third kappa shape index (κ3) is 3.90. The molecule has 27 heavy (non-hydrogen) atoms. The number of rotatable bonds is 4. The van der Waals surface area contributed by atoms with Crippen LogP contribution in [0.1, 0.15) is 54.8 Å². The van der Waals surface area contributed by atoms with E-state index in [9.17, 15) is 14.4 Å². The standard InChI is InChI=1S/C19H24N4O3S/c24-15(21-12-6-3-4-10-20-17(12)25)9-8-14-22-18(26)16-11-5-1-2-7-13(11)27-19(16)23-14/h12H,1-10H2,(H,20,25)(H,21,24)(H,22,23,26)/t12-/m1/s1. The van der Waals surface area contributed by atoms with Crippen LogP contribution < -0.4 is 16.2 Å². The average Bonchev–Trinajstić information content (AvgIpc) is 2.92. The molecule has 2 aliphatic rings. The Labute approximate surface area is 161 Å². The molecule has 7 nitrogen and oxygen atoms in total. The van der Waals surface area contributed by atoms with E-state index >= 15 is 0 Å². The number of hydrogen-bond donors (Lipinski definition) is 3. The van der Waals surface area contributed by atoms with Crippen molar-refractivity contribution in [3.63, 3.8) is 0 Å². The van der Waals surface area contributed by atoms with Crippen LogP contribution in [0.5, 0.6) is 0 Å². The molecule has 0 unspecified atom stereocenters. The fourth-order valence-electron chi connectivity index (χ4n) is 3.90. The summed E-state index contributed by atoms with van der Waals surface area (Å²) in [4.78, 5) is 46.2. The molecule has 8 heteroatoms. The first-order valence-electron chi connectivity index (χ1n) is 9.72. The number of aryl methyl sites for hydroxylation is 3. The van der Waals surface area contributed by atoms with E-state index in [2.05, 4.69) is 20.6 Å². The summed E-state index contributed by atoms with van der Waals surface area (Å²) in [5.74, 6) is 0.231. The second-order valence-corrected chi connectivity index (χ2v) is 8.39. The maximum Gasteiger partial charge on any atom is 0.259 e. The van der Waals surface area contributed by atoms with Crippen LogP contribution >= 0.6 is 11.3 Å². The summed E-state index contributed by atoms with van der Waals surface area (Å²) in [6, 6.07) is -0.460. The van der Waals surface area contributed by atoms with Gasteiger partial charge in [-0.25, -0.2) is 4.98 Å². The Morgan fingerprint density at radius 2 is 2.04 bits per heavy atom. The molecule has 4 rings (SSSR count). The molecule has 2 aromatic rings. The minimum absolute atomic E-state index is 0.0991. The fourth-order valence-corrected chi connectivity index (χ4v) is 5.18. The number of amides is 2. The topological polar surface area (TPSA) is 104 Å². The van der Waals surface area contributed by atoms with Crippen LogP contribution in [-0.4, -0.2) is 34.4 Å². The highest BCUT2D eigenvalue weighted by Gasteiger charge is 2.23. The second-order valence-electron chi connectivity index (χ2n) is 7.31. The highest BCUT2D eigenvalue weighted by molar-refractivity contribution is 7.18. The normalized spacial score (nSPS) is 20.0. The van der Waals surface area contributed by atoms with E-state index in [1.54, 1.807) is 11.3 Å². The summed E-state index contributed by atoms with van der Waals surface area (Å²) < 4.78 is 0. The van der Waals surface area contributed by atoms with Crippen LogP contribution in [0.15, 0.2) is 4.79 Å². The lowest BCUT2D eigenvalue weighted by Gasteiger charge is -2.15. The zero-order valence-corrected chi connectivity index (χ0v) is 16.0. The van der Waals surface area contributed by atoms with Crippen molar-refractivity contribution in [3.8, 4) is 0 Å². The van der Waals surface area contributed by atoms with Crippen molar-refractivity contribution in [1.82, 2.24) is 20.6 Å². The van der Waals surface area contributed by atoms with Gasteiger partial charge < -0.3 is 15.6 Å². The Kier molecular flexibility index (Phi) is 5.24. The molecule has 0 radical (unpaired) electrons. The summed E-state index contributed by atoms with van der Waals surface area (Å²) in [7, 11) is 0. The Morgan fingerprint density at radius 1 is 1.19 bits per heavy atom. The van der Waals surface area contributed by atoms with E-state index in [0.717, 1.165) is 42.3 Å². The molecule has 1 aliphatic heterocycles. The summed E-state index contributed by atoms with van der Waals surface area (Å²) >= 11 is 1.61. The van der Waals surface area contributed by atoms with Gasteiger partial charge in [-0.15, -0.1) is 11.3 Å². The van der Waals surface area contributed by atoms with E-state index in [-0.39, 0.29) is 23.8 Å². The van der Waals surface area contributed by atoms with Crippen molar-refractivity contribution in [2.75, 3.05) is 6.54 Å². The molecule has 2 amide bonds. The van der Waals surface area contributed by atoms with E-state index < -0.39 is 6.04 Å². The number of aromatic nitrogens is 2. The quantitative estimate of drug-likeness (QED) is 0.740. The van der Waals surface area contributed by atoms with Crippen LogP contribution in [0.3, 0.4) is 0 Å². The first kappa shape index (κ1) is 18.2. The van der Waals surface area contributed by atoms with E-state index in [1.807, 2.05) is 0 Å². The van der Waals surface area contributed by atoms with Crippen molar-refractivity contribution in [2.45, 2.75) is 63.8 Å². The molecular weight excluding hydrogens is 364 g/mol. The SMILES string of the molecule is O=C(CCc1nc2sc3c(c2c(=O)[nH]1)CCCC3)N[C@@H]1CCCCNC1=O. The smallest absolute Gasteiger partial charge is 0.259 e. The number of nitrogens with one attached hydrogen (secondary N) is 3. The zero-order chi connectivity index (χ0) is 18.8. The lowest BCUT2D eigenvalue weighted by atomic mass is 9.97. The number of aromatic amines is 1.